The van der Waals surface area contributed by atoms with Crippen LogP contribution in [-0.4, -0.2) is 28.6 Å². The van der Waals surface area contributed by atoms with E-state index in [2.05, 4.69) is 47.5 Å². The number of fused-ring (bicyclic) bond motifs is 1. The Morgan fingerprint density at radius 2 is 2.12 bits per heavy atom. The van der Waals surface area contributed by atoms with Crippen molar-refractivity contribution in [2.24, 2.45) is 5.92 Å². The lowest BCUT2D eigenvalue weighted by Gasteiger charge is -2.27. The molecule has 25 heavy (non-hydrogen) atoms. The van der Waals surface area contributed by atoms with Gasteiger partial charge in [0.25, 0.3) is 0 Å². The predicted molar refractivity (Wildman–Crippen MR) is 98.3 cm³/mol. The monoisotopic (exact) mass is 342 g/mol. The molecule has 1 amide bonds. The number of amides is 1. The summed E-state index contributed by atoms with van der Waals surface area (Å²) in [5, 5.41) is 9.72. The Bertz CT molecular complexity index is 754. The molecular weight excluding hydrogens is 316 g/mol. The number of aromatic nitrogens is 1. The van der Waals surface area contributed by atoms with Crippen LogP contribution in [0.4, 0.5) is 11.6 Å². The minimum absolute atomic E-state index is 0.154. The summed E-state index contributed by atoms with van der Waals surface area (Å²) >= 11 is 0. The first-order valence-electron chi connectivity index (χ1n) is 8.76. The van der Waals surface area contributed by atoms with Crippen LogP contribution in [0.5, 0.6) is 0 Å². The molecule has 0 radical (unpaired) electrons. The summed E-state index contributed by atoms with van der Waals surface area (Å²) in [5.74, 6) is 0.834. The fourth-order valence-electron chi connectivity index (χ4n) is 3.10. The van der Waals surface area contributed by atoms with Crippen LogP contribution in [0, 0.1) is 12.8 Å². The van der Waals surface area contributed by atoms with Crippen LogP contribution in [0.15, 0.2) is 28.8 Å². The van der Waals surface area contributed by atoms with Gasteiger partial charge in [-0.1, -0.05) is 31.1 Å². The number of hydrogen-bond donors (Lipinski definition) is 2. The number of nitrogens with zero attached hydrogens (tertiary/aromatic N) is 2. The van der Waals surface area contributed by atoms with Crippen LogP contribution in [0.1, 0.15) is 37.6 Å². The van der Waals surface area contributed by atoms with Crippen LogP contribution in [0.3, 0.4) is 0 Å². The van der Waals surface area contributed by atoms with Crippen molar-refractivity contribution >= 4 is 17.5 Å². The van der Waals surface area contributed by atoms with E-state index in [4.69, 9.17) is 4.52 Å². The number of hydrogen-bond acceptors (Lipinski definition) is 5. The topological polar surface area (TPSA) is 70.4 Å². The number of anilines is 2. The zero-order chi connectivity index (χ0) is 18.0. The molecule has 2 aromatic rings. The summed E-state index contributed by atoms with van der Waals surface area (Å²) in [7, 11) is 0. The molecule has 0 aliphatic carbocycles. The van der Waals surface area contributed by atoms with E-state index in [9.17, 15) is 4.79 Å². The Kier molecular flexibility index (Phi) is 5.08. The summed E-state index contributed by atoms with van der Waals surface area (Å²) in [6.07, 6.45) is 0. The highest BCUT2D eigenvalue weighted by molar-refractivity contribution is 5.92. The zero-order valence-electron chi connectivity index (χ0n) is 15.3. The van der Waals surface area contributed by atoms with Crippen LogP contribution in [0.25, 0.3) is 0 Å². The highest BCUT2D eigenvalue weighted by Crippen LogP contribution is 2.31. The van der Waals surface area contributed by atoms with E-state index < -0.39 is 0 Å². The van der Waals surface area contributed by atoms with E-state index in [1.54, 1.807) is 6.07 Å². The van der Waals surface area contributed by atoms with Crippen molar-refractivity contribution in [2.45, 2.75) is 46.8 Å². The predicted octanol–water partition coefficient (Wildman–Crippen LogP) is 3.39. The fourth-order valence-corrected chi connectivity index (χ4v) is 3.10. The Balaban J connectivity index is 1.61. The van der Waals surface area contributed by atoms with Gasteiger partial charge in [-0.2, -0.15) is 0 Å². The van der Waals surface area contributed by atoms with Crippen molar-refractivity contribution in [1.82, 2.24) is 10.1 Å². The van der Waals surface area contributed by atoms with Crippen molar-refractivity contribution in [3.8, 4) is 0 Å². The largest absolute Gasteiger partial charge is 0.376 e. The molecule has 2 heterocycles. The lowest BCUT2D eigenvalue weighted by Crippen LogP contribution is -2.32. The number of aryl methyl sites for hydroxylation is 1. The summed E-state index contributed by atoms with van der Waals surface area (Å²) in [4.78, 5) is 14.6. The second-order valence-electron chi connectivity index (χ2n) is 7.07. The van der Waals surface area contributed by atoms with Crippen molar-refractivity contribution in [2.75, 3.05) is 17.2 Å². The second kappa shape index (κ2) is 7.27. The zero-order valence-corrected chi connectivity index (χ0v) is 15.3. The molecule has 6 nitrogen and oxygen atoms in total. The summed E-state index contributed by atoms with van der Waals surface area (Å²) < 4.78 is 5.01. The number of nitrogens with one attached hydrogen (secondary N) is 2. The van der Waals surface area contributed by atoms with Crippen molar-refractivity contribution in [3.05, 3.63) is 41.1 Å². The molecule has 1 aromatic carbocycles. The van der Waals surface area contributed by atoms with Gasteiger partial charge in [-0.25, -0.2) is 0 Å². The van der Waals surface area contributed by atoms with E-state index in [0.29, 0.717) is 17.8 Å². The molecule has 0 saturated carbocycles. The standard InChI is InChI=1S/C19H26N4O2/c1-12(2)14(4)23-10-15-6-5-7-17(16(15)11-23)20-9-18(24)21-19-8-13(3)22-25-19/h5-8,12,14,20H,9-11H2,1-4H3,(H,21,24)/t14-/m0/s1. The lowest BCUT2D eigenvalue weighted by molar-refractivity contribution is -0.114. The molecular formula is C19H26N4O2. The third kappa shape index (κ3) is 4.02. The first-order valence-corrected chi connectivity index (χ1v) is 8.76. The molecule has 3 rings (SSSR count). The summed E-state index contributed by atoms with van der Waals surface area (Å²) in [5.41, 5.74) is 4.39. The molecule has 0 saturated heterocycles. The van der Waals surface area contributed by atoms with Gasteiger partial charge < -0.3 is 9.84 Å². The quantitative estimate of drug-likeness (QED) is 0.842. The van der Waals surface area contributed by atoms with Gasteiger partial charge in [-0.05, 0) is 37.0 Å². The van der Waals surface area contributed by atoms with E-state index in [-0.39, 0.29) is 12.5 Å². The first kappa shape index (κ1) is 17.5. The Morgan fingerprint density at radius 1 is 1.32 bits per heavy atom. The van der Waals surface area contributed by atoms with Crippen LogP contribution >= 0.6 is 0 Å². The van der Waals surface area contributed by atoms with E-state index in [1.807, 2.05) is 19.1 Å². The number of carbonyl (C=O) groups excluding carboxylic acids is 1. The van der Waals surface area contributed by atoms with Gasteiger partial charge in [0.1, 0.15) is 0 Å². The molecule has 134 valence electrons. The molecule has 6 heteroatoms. The maximum Gasteiger partial charge on any atom is 0.246 e. The fraction of sp³-hybridized carbons (Fsp3) is 0.474. The highest BCUT2D eigenvalue weighted by Gasteiger charge is 2.26. The Morgan fingerprint density at radius 3 is 2.80 bits per heavy atom. The Hall–Kier alpha value is -2.34. The van der Waals surface area contributed by atoms with Crippen LogP contribution < -0.4 is 10.6 Å². The summed E-state index contributed by atoms with van der Waals surface area (Å²) in [6, 6.07) is 8.48. The maximum absolute atomic E-state index is 12.1. The van der Waals surface area contributed by atoms with Crippen molar-refractivity contribution < 1.29 is 9.32 Å². The third-order valence-electron chi connectivity index (χ3n) is 4.88. The molecule has 0 unspecified atom stereocenters. The Labute approximate surface area is 148 Å². The molecule has 2 N–H and O–H groups in total. The van der Waals surface area contributed by atoms with Gasteiger partial charge in [-0.3, -0.25) is 15.0 Å². The number of carbonyl (C=O) groups is 1. The van der Waals surface area contributed by atoms with E-state index >= 15 is 0 Å². The van der Waals surface area contributed by atoms with Gasteiger partial charge >= 0.3 is 0 Å². The number of benzene rings is 1. The first-order chi connectivity index (χ1) is 11.9. The molecule has 1 aliphatic rings. The highest BCUT2D eigenvalue weighted by atomic mass is 16.5. The minimum Gasteiger partial charge on any atom is -0.376 e. The molecule has 0 bridgehead atoms. The van der Waals surface area contributed by atoms with Crippen molar-refractivity contribution in [1.29, 1.82) is 0 Å². The van der Waals surface area contributed by atoms with E-state index in [1.165, 1.54) is 11.1 Å². The van der Waals surface area contributed by atoms with Gasteiger partial charge in [0.05, 0.1) is 12.2 Å². The SMILES string of the molecule is Cc1cc(NC(=O)CNc2cccc3c2CN([C@@H](C)C(C)C)C3)on1. The molecule has 0 spiro atoms. The molecule has 0 fully saturated rings. The third-order valence-corrected chi connectivity index (χ3v) is 4.88. The molecule has 1 atom stereocenters. The van der Waals surface area contributed by atoms with Crippen molar-refractivity contribution in [3.63, 3.8) is 0 Å². The van der Waals surface area contributed by atoms with Crippen LogP contribution in [-0.2, 0) is 17.9 Å². The molecule has 1 aliphatic heterocycles. The van der Waals surface area contributed by atoms with Gasteiger partial charge in [-0.15, -0.1) is 0 Å². The smallest absolute Gasteiger partial charge is 0.246 e. The average Bonchev–Trinajstić information content (AvgIpc) is 3.18. The van der Waals surface area contributed by atoms with Gasteiger partial charge in [0, 0.05) is 30.9 Å². The lowest BCUT2D eigenvalue weighted by atomic mass is 10.1. The van der Waals surface area contributed by atoms with Gasteiger partial charge in [0.15, 0.2) is 0 Å². The normalized spacial score (nSPS) is 15.2. The van der Waals surface area contributed by atoms with E-state index in [0.717, 1.165) is 24.5 Å². The average molecular weight is 342 g/mol. The molecule has 1 aromatic heterocycles. The maximum atomic E-state index is 12.1. The number of rotatable bonds is 6. The van der Waals surface area contributed by atoms with Crippen LogP contribution in [0.2, 0.25) is 0 Å². The summed E-state index contributed by atoms with van der Waals surface area (Å²) in [6.45, 7) is 10.7. The minimum atomic E-state index is -0.154. The van der Waals surface area contributed by atoms with Gasteiger partial charge in [0.2, 0.25) is 11.8 Å². The second-order valence-corrected chi connectivity index (χ2v) is 7.07.